The maximum atomic E-state index is 12.7. The molecular formula is C19H15ClN2O3S2. The van der Waals surface area contributed by atoms with Crippen molar-refractivity contribution >= 4 is 57.9 Å². The molecule has 1 aliphatic heterocycles. The number of rotatable bonds is 6. The van der Waals surface area contributed by atoms with Crippen molar-refractivity contribution in [3.63, 3.8) is 0 Å². The molecule has 0 radical (unpaired) electrons. The average molecular weight is 419 g/mol. The highest BCUT2D eigenvalue weighted by Gasteiger charge is 2.31. The third-order valence-corrected chi connectivity index (χ3v) is 5.66. The van der Waals surface area contributed by atoms with Gasteiger partial charge in [0.2, 0.25) is 0 Å². The van der Waals surface area contributed by atoms with Gasteiger partial charge in [-0.05, 0) is 30.2 Å². The van der Waals surface area contributed by atoms with Gasteiger partial charge in [-0.2, -0.15) is 0 Å². The fraction of sp³-hybridized carbons (Fsp3) is 0.158. The Labute approximate surface area is 171 Å². The van der Waals surface area contributed by atoms with Crippen molar-refractivity contribution in [3.05, 3.63) is 58.2 Å². The lowest BCUT2D eigenvalue weighted by molar-refractivity contribution is -0.137. The number of hydrogen-bond donors (Lipinski definition) is 1. The predicted molar refractivity (Wildman–Crippen MR) is 111 cm³/mol. The summed E-state index contributed by atoms with van der Waals surface area (Å²) in [5.74, 6) is -1.11. The number of benzene rings is 1. The molecule has 0 spiro atoms. The first-order valence-corrected chi connectivity index (χ1v) is 9.73. The van der Waals surface area contributed by atoms with E-state index in [2.05, 4.69) is 4.98 Å². The summed E-state index contributed by atoms with van der Waals surface area (Å²) in [7, 11) is 0. The van der Waals surface area contributed by atoms with E-state index in [0.717, 1.165) is 16.7 Å². The van der Waals surface area contributed by atoms with Crippen LogP contribution < -0.4 is 0 Å². The second-order valence-corrected chi connectivity index (χ2v) is 7.86. The highest BCUT2D eigenvalue weighted by atomic mass is 35.5. The lowest BCUT2D eigenvalue weighted by atomic mass is 10.0. The molecular weight excluding hydrogens is 404 g/mol. The molecule has 8 heteroatoms. The van der Waals surface area contributed by atoms with Crippen molar-refractivity contribution in [1.82, 2.24) is 9.88 Å². The molecule has 1 aliphatic rings. The first-order chi connectivity index (χ1) is 13.0. The van der Waals surface area contributed by atoms with Gasteiger partial charge in [-0.25, -0.2) is 0 Å². The van der Waals surface area contributed by atoms with Crippen molar-refractivity contribution < 1.29 is 14.7 Å². The Balaban J connectivity index is 1.88. The van der Waals surface area contributed by atoms with E-state index in [1.54, 1.807) is 18.5 Å². The minimum atomic E-state index is -0.893. The predicted octanol–water partition coefficient (Wildman–Crippen LogP) is 4.47. The van der Waals surface area contributed by atoms with Crippen LogP contribution in [-0.4, -0.2) is 37.7 Å². The molecule has 0 aliphatic carbocycles. The number of aliphatic carboxylic acids is 1. The molecule has 27 heavy (non-hydrogen) atoms. The quantitative estimate of drug-likeness (QED) is 0.551. The number of pyridine rings is 1. The maximum absolute atomic E-state index is 12.7. The molecule has 1 aromatic heterocycles. The van der Waals surface area contributed by atoms with Crippen molar-refractivity contribution in [1.29, 1.82) is 0 Å². The molecule has 2 aromatic rings. The molecule has 5 nitrogen and oxygen atoms in total. The summed E-state index contributed by atoms with van der Waals surface area (Å²) in [6.07, 6.45) is 5.45. The fourth-order valence-corrected chi connectivity index (χ4v) is 4.21. The van der Waals surface area contributed by atoms with Crippen LogP contribution in [0.5, 0.6) is 0 Å². The van der Waals surface area contributed by atoms with E-state index in [4.69, 9.17) is 28.9 Å². The third-order valence-electron chi connectivity index (χ3n) is 3.95. The fourth-order valence-electron chi connectivity index (χ4n) is 2.67. The molecule has 0 unspecified atom stereocenters. The Bertz CT molecular complexity index is 946. The standard InChI is InChI=1S/C19H15ClN2O3S2/c20-15-5-2-1-4-14(15)13-7-8-21-11-12(13)10-16-18(25)22(19(26)27-16)9-3-6-17(23)24/h1-2,4-5,7-8,10-11H,3,6,9H2,(H,23,24). The summed E-state index contributed by atoms with van der Waals surface area (Å²) >= 11 is 12.8. The van der Waals surface area contributed by atoms with Crippen LogP contribution in [-0.2, 0) is 9.59 Å². The van der Waals surface area contributed by atoms with Gasteiger partial charge in [-0.1, -0.05) is 53.8 Å². The SMILES string of the molecule is O=C(O)CCCN1C(=O)C(=Cc2cnccc2-c2ccccc2Cl)SC1=S. The van der Waals surface area contributed by atoms with Crippen molar-refractivity contribution in [2.24, 2.45) is 0 Å². The molecule has 2 heterocycles. The number of carbonyl (C=O) groups excluding carboxylic acids is 1. The molecule has 1 fully saturated rings. The zero-order chi connectivity index (χ0) is 19.4. The van der Waals surface area contributed by atoms with Crippen LogP contribution in [0.2, 0.25) is 5.02 Å². The van der Waals surface area contributed by atoms with Crippen molar-refractivity contribution in [2.45, 2.75) is 12.8 Å². The number of aromatic nitrogens is 1. The number of carboxylic acid groups (broad SMARTS) is 1. The Hall–Kier alpha value is -2.22. The summed E-state index contributed by atoms with van der Waals surface area (Å²) in [5.41, 5.74) is 2.48. The van der Waals surface area contributed by atoms with Crippen molar-refractivity contribution in [2.75, 3.05) is 6.54 Å². The Morgan fingerprint density at radius 2 is 2.07 bits per heavy atom. The largest absolute Gasteiger partial charge is 0.481 e. The number of thioether (sulfide) groups is 1. The monoisotopic (exact) mass is 418 g/mol. The smallest absolute Gasteiger partial charge is 0.303 e. The van der Waals surface area contributed by atoms with Crippen molar-refractivity contribution in [3.8, 4) is 11.1 Å². The maximum Gasteiger partial charge on any atom is 0.303 e. The zero-order valence-corrected chi connectivity index (χ0v) is 16.5. The normalized spacial score (nSPS) is 15.6. The number of amides is 1. The Morgan fingerprint density at radius 3 is 2.81 bits per heavy atom. The van der Waals surface area contributed by atoms with Gasteiger partial charge in [0.25, 0.3) is 5.91 Å². The van der Waals surface area contributed by atoms with E-state index < -0.39 is 5.97 Å². The van der Waals surface area contributed by atoms with Crippen LogP contribution in [0.3, 0.4) is 0 Å². The van der Waals surface area contributed by atoms with Gasteiger partial charge in [0.15, 0.2) is 0 Å². The summed E-state index contributed by atoms with van der Waals surface area (Å²) < 4.78 is 0.430. The van der Waals surface area contributed by atoms with Gasteiger partial charge in [0, 0.05) is 41.5 Å². The highest BCUT2D eigenvalue weighted by Crippen LogP contribution is 2.36. The van der Waals surface area contributed by atoms with Crippen LogP contribution in [0, 0.1) is 0 Å². The molecule has 1 saturated heterocycles. The molecule has 138 valence electrons. The van der Waals surface area contributed by atoms with Gasteiger partial charge in [-0.3, -0.25) is 19.5 Å². The minimum absolute atomic E-state index is 0.00460. The second-order valence-electron chi connectivity index (χ2n) is 5.77. The van der Waals surface area contributed by atoms with E-state index in [1.807, 2.05) is 30.3 Å². The summed E-state index contributed by atoms with van der Waals surface area (Å²) in [6.45, 7) is 0.290. The summed E-state index contributed by atoms with van der Waals surface area (Å²) in [4.78, 5) is 29.4. The molecule has 0 atom stereocenters. The van der Waals surface area contributed by atoms with E-state index in [0.29, 0.717) is 27.2 Å². The highest BCUT2D eigenvalue weighted by molar-refractivity contribution is 8.26. The molecule has 0 saturated carbocycles. The van der Waals surface area contributed by atoms with Gasteiger partial charge >= 0.3 is 5.97 Å². The molecule has 1 aromatic carbocycles. The number of carbonyl (C=O) groups is 2. The van der Waals surface area contributed by atoms with Gasteiger partial charge in [0.05, 0.1) is 4.91 Å². The molecule has 1 amide bonds. The lowest BCUT2D eigenvalue weighted by Crippen LogP contribution is -2.29. The topological polar surface area (TPSA) is 70.5 Å². The van der Waals surface area contributed by atoms with E-state index in [1.165, 1.54) is 16.7 Å². The summed E-state index contributed by atoms with van der Waals surface area (Å²) in [5, 5.41) is 9.37. The number of thiocarbonyl (C=S) groups is 1. The van der Waals surface area contributed by atoms with Crippen LogP contribution in [0.1, 0.15) is 18.4 Å². The Kier molecular flexibility index (Phi) is 6.26. The van der Waals surface area contributed by atoms with Crippen LogP contribution in [0.25, 0.3) is 17.2 Å². The third kappa shape index (κ3) is 4.55. The van der Waals surface area contributed by atoms with E-state index in [9.17, 15) is 9.59 Å². The number of hydrogen-bond acceptors (Lipinski definition) is 5. The molecule has 0 bridgehead atoms. The Morgan fingerprint density at radius 1 is 1.30 bits per heavy atom. The van der Waals surface area contributed by atoms with Crippen LogP contribution >= 0.6 is 35.6 Å². The van der Waals surface area contributed by atoms with E-state index >= 15 is 0 Å². The average Bonchev–Trinajstić information content (AvgIpc) is 2.90. The minimum Gasteiger partial charge on any atom is -0.481 e. The zero-order valence-electron chi connectivity index (χ0n) is 14.1. The first-order valence-electron chi connectivity index (χ1n) is 8.13. The van der Waals surface area contributed by atoms with Crippen LogP contribution in [0.4, 0.5) is 0 Å². The number of carboxylic acids is 1. The number of halogens is 1. The first kappa shape index (κ1) is 19.5. The van der Waals surface area contributed by atoms with Gasteiger partial charge in [-0.15, -0.1) is 0 Å². The lowest BCUT2D eigenvalue weighted by Gasteiger charge is -2.13. The van der Waals surface area contributed by atoms with Gasteiger partial charge < -0.3 is 5.11 Å². The second kappa shape index (κ2) is 8.65. The molecule has 3 rings (SSSR count). The molecule has 1 N–H and O–H groups in total. The van der Waals surface area contributed by atoms with Crippen LogP contribution in [0.15, 0.2) is 47.6 Å². The summed E-state index contributed by atoms with van der Waals surface area (Å²) in [6, 6.07) is 9.32. The number of nitrogens with zero attached hydrogens (tertiary/aromatic N) is 2. The van der Waals surface area contributed by atoms with E-state index in [-0.39, 0.29) is 12.3 Å². The van der Waals surface area contributed by atoms with Gasteiger partial charge in [0.1, 0.15) is 4.32 Å².